The zero-order chi connectivity index (χ0) is 19.2. The summed E-state index contributed by atoms with van der Waals surface area (Å²) in [6, 6.07) is 11.1. The molecule has 4 heteroatoms. The van der Waals surface area contributed by atoms with Crippen LogP contribution in [0, 0.1) is 11.8 Å². The monoisotopic (exact) mass is 384 g/mol. The lowest BCUT2D eigenvalue weighted by molar-refractivity contribution is 0.0372. The summed E-state index contributed by atoms with van der Waals surface area (Å²) < 4.78 is 5.84. The zero-order valence-electron chi connectivity index (χ0n) is 17.2. The highest BCUT2D eigenvalue weighted by Gasteiger charge is 2.31. The van der Waals surface area contributed by atoms with Crippen LogP contribution < -0.4 is 5.32 Å². The molecule has 2 aliphatic heterocycles. The fourth-order valence-corrected chi connectivity index (χ4v) is 5.45. The van der Waals surface area contributed by atoms with E-state index >= 15 is 0 Å². The van der Waals surface area contributed by atoms with E-state index in [4.69, 9.17) is 4.74 Å². The van der Waals surface area contributed by atoms with Crippen molar-refractivity contribution >= 4 is 6.03 Å². The molecule has 28 heavy (non-hydrogen) atoms. The lowest BCUT2D eigenvalue weighted by Crippen LogP contribution is -2.46. The van der Waals surface area contributed by atoms with E-state index in [9.17, 15) is 4.79 Å². The van der Waals surface area contributed by atoms with Crippen LogP contribution in [-0.4, -0.2) is 43.3 Å². The van der Waals surface area contributed by atoms with E-state index in [1.54, 1.807) is 0 Å². The number of urea groups is 1. The summed E-state index contributed by atoms with van der Waals surface area (Å²) in [7, 11) is 0. The van der Waals surface area contributed by atoms with Gasteiger partial charge in [0, 0.05) is 26.2 Å². The van der Waals surface area contributed by atoms with Crippen LogP contribution in [-0.2, 0) is 4.74 Å². The summed E-state index contributed by atoms with van der Waals surface area (Å²) in [5.74, 6) is 2.16. The number of rotatable bonds is 5. The number of hydrogen-bond acceptors (Lipinski definition) is 2. The normalized spacial score (nSPS) is 29.0. The van der Waals surface area contributed by atoms with Gasteiger partial charge in [0.25, 0.3) is 0 Å². The zero-order valence-corrected chi connectivity index (χ0v) is 17.2. The van der Waals surface area contributed by atoms with Gasteiger partial charge in [-0.2, -0.15) is 0 Å². The summed E-state index contributed by atoms with van der Waals surface area (Å²) in [5.41, 5.74) is 1.50. The van der Waals surface area contributed by atoms with Crippen molar-refractivity contribution in [2.75, 3.05) is 26.2 Å². The van der Waals surface area contributed by atoms with Crippen molar-refractivity contribution in [2.24, 2.45) is 11.8 Å². The summed E-state index contributed by atoms with van der Waals surface area (Å²) in [5, 5.41) is 3.18. The van der Waals surface area contributed by atoms with E-state index in [0.717, 1.165) is 57.3 Å². The maximum Gasteiger partial charge on any atom is 0.317 e. The molecule has 0 spiro atoms. The van der Waals surface area contributed by atoms with Gasteiger partial charge in [-0.25, -0.2) is 4.79 Å². The predicted octanol–water partition coefficient (Wildman–Crippen LogP) is 4.95. The highest BCUT2D eigenvalue weighted by molar-refractivity contribution is 5.74. The van der Waals surface area contributed by atoms with Crippen LogP contribution in [0.3, 0.4) is 0 Å². The molecule has 0 aromatic heterocycles. The number of hydrogen-bond donors (Lipinski definition) is 1. The number of carbonyl (C=O) groups is 1. The van der Waals surface area contributed by atoms with Crippen LogP contribution in [0.5, 0.6) is 0 Å². The van der Waals surface area contributed by atoms with Crippen LogP contribution in [0.4, 0.5) is 4.79 Å². The SMILES string of the molecule is O=C(NCCC1CCC(c2ccccc2)CC1)N1CCC(C2CCCO2)CC1. The molecule has 1 unspecified atom stereocenters. The van der Waals surface area contributed by atoms with Crippen molar-refractivity contribution in [3.63, 3.8) is 0 Å². The van der Waals surface area contributed by atoms with Crippen LogP contribution in [0.25, 0.3) is 0 Å². The van der Waals surface area contributed by atoms with Crippen molar-refractivity contribution in [2.45, 2.75) is 69.8 Å². The number of likely N-dealkylation sites (tertiary alicyclic amines) is 1. The van der Waals surface area contributed by atoms with Gasteiger partial charge in [-0.1, -0.05) is 30.3 Å². The number of nitrogens with one attached hydrogen (secondary N) is 1. The first-order chi connectivity index (χ1) is 13.8. The standard InChI is InChI=1S/C24H36N2O2/c27-24(26-16-13-22(14-17-26)23-7-4-18-28-23)25-15-12-19-8-10-21(11-9-19)20-5-2-1-3-6-20/h1-3,5-6,19,21-23H,4,7-18H2,(H,25,27). The second kappa shape index (κ2) is 9.78. The molecule has 1 atom stereocenters. The van der Waals surface area contributed by atoms with Gasteiger partial charge in [0.15, 0.2) is 0 Å². The van der Waals surface area contributed by atoms with E-state index in [1.165, 1.54) is 44.1 Å². The summed E-state index contributed by atoms with van der Waals surface area (Å²) in [4.78, 5) is 14.5. The minimum absolute atomic E-state index is 0.142. The second-order valence-electron chi connectivity index (χ2n) is 9.02. The van der Waals surface area contributed by atoms with Gasteiger partial charge in [-0.3, -0.25) is 0 Å². The molecule has 1 N–H and O–H groups in total. The third-order valence-corrected chi connectivity index (χ3v) is 7.26. The Morgan fingerprint density at radius 3 is 2.43 bits per heavy atom. The molecule has 4 rings (SSSR count). The van der Waals surface area contributed by atoms with Crippen LogP contribution in [0.2, 0.25) is 0 Å². The minimum atomic E-state index is 0.142. The fraction of sp³-hybridized carbons (Fsp3) is 0.708. The van der Waals surface area contributed by atoms with Crippen molar-refractivity contribution in [3.05, 3.63) is 35.9 Å². The lowest BCUT2D eigenvalue weighted by atomic mass is 9.77. The highest BCUT2D eigenvalue weighted by atomic mass is 16.5. The molecule has 1 saturated carbocycles. The van der Waals surface area contributed by atoms with Crippen LogP contribution >= 0.6 is 0 Å². The Morgan fingerprint density at radius 2 is 1.75 bits per heavy atom. The third kappa shape index (κ3) is 5.08. The first-order valence-corrected chi connectivity index (χ1v) is 11.5. The Hall–Kier alpha value is -1.55. The van der Waals surface area contributed by atoms with E-state index in [0.29, 0.717) is 12.0 Å². The van der Waals surface area contributed by atoms with E-state index < -0.39 is 0 Å². The number of ether oxygens (including phenoxy) is 1. The quantitative estimate of drug-likeness (QED) is 0.780. The largest absolute Gasteiger partial charge is 0.378 e. The van der Waals surface area contributed by atoms with Gasteiger partial charge in [-0.15, -0.1) is 0 Å². The molecular weight excluding hydrogens is 348 g/mol. The summed E-state index contributed by atoms with van der Waals surface area (Å²) >= 11 is 0. The Kier molecular flexibility index (Phi) is 6.90. The van der Waals surface area contributed by atoms with Gasteiger partial charge < -0.3 is 15.0 Å². The molecule has 0 radical (unpaired) electrons. The number of nitrogens with zero attached hydrogens (tertiary/aromatic N) is 1. The van der Waals surface area contributed by atoms with Crippen LogP contribution in [0.1, 0.15) is 69.3 Å². The molecule has 2 heterocycles. The lowest BCUT2D eigenvalue weighted by Gasteiger charge is -2.34. The molecule has 2 saturated heterocycles. The van der Waals surface area contributed by atoms with Gasteiger partial charge in [0.05, 0.1) is 6.10 Å². The summed E-state index contributed by atoms with van der Waals surface area (Å²) in [6.07, 6.45) is 11.4. The maximum atomic E-state index is 12.5. The van der Waals surface area contributed by atoms with E-state index in [1.807, 2.05) is 4.90 Å². The minimum Gasteiger partial charge on any atom is -0.378 e. The maximum absolute atomic E-state index is 12.5. The molecule has 3 aliphatic rings. The molecule has 1 aromatic carbocycles. The molecule has 1 aromatic rings. The first-order valence-electron chi connectivity index (χ1n) is 11.5. The molecular formula is C24H36N2O2. The molecule has 4 nitrogen and oxygen atoms in total. The van der Waals surface area contributed by atoms with E-state index in [-0.39, 0.29) is 6.03 Å². The molecule has 154 valence electrons. The summed E-state index contributed by atoms with van der Waals surface area (Å²) in [6.45, 7) is 3.53. The molecule has 1 aliphatic carbocycles. The van der Waals surface area contributed by atoms with Crippen molar-refractivity contribution in [1.29, 1.82) is 0 Å². The molecule has 2 amide bonds. The highest BCUT2D eigenvalue weighted by Crippen LogP contribution is 2.36. The average Bonchev–Trinajstić information content (AvgIpc) is 3.30. The van der Waals surface area contributed by atoms with Gasteiger partial charge in [0.2, 0.25) is 0 Å². The van der Waals surface area contributed by atoms with Gasteiger partial charge >= 0.3 is 6.03 Å². The molecule has 0 bridgehead atoms. The van der Waals surface area contributed by atoms with Crippen molar-refractivity contribution in [1.82, 2.24) is 10.2 Å². The second-order valence-corrected chi connectivity index (χ2v) is 9.02. The van der Waals surface area contributed by atoms with E-state index in [2.05, 4.69) is 35.6 Å². The Labute approximate surface area is 170 Å². The molecule has 3 fully saturated rings. The third-order valence-electron chi connectivity index (χ3n) is 7.26. The van der Waals surface area contributed by atoms with Crippen molar-refractivity contribution in [3.8, 4) is 0 Å². The first kappa shape index (κ1) is 19.8. The fourth-order valence-electron chi connectivity index (χ4n) is 5.45. The number of amides is 2. The van der Waals surface area contributed by atoms with Gasteiger partial charge in [0.1, 0.15) is 0 Å². The average molecular weight is 385 g/mol. The number of piperidine rings is 1. The number of benzene rings is 1. The van der Waals surface area contributed by atoms with Crippen LogP contribution in [0.15, 0.2) is 30.3 Å². The Morgan fingerprint density at radius 1 is 1.00 bits per heavy atom. The Balaban J connectivity index is 1.11. The van der Waals surface area contributed by atoms with Crippen molar-refractivity contribution < 1.29 is 9.53 Å². The predicted molar refractivity (Wildman–Crippen MR) is 112 cm³/mol. The van der Waals surface area contributed by atoms with Gasteiger partial charge in [-0.05, 0) is 81.1 Å². The number of carbonyl (C=O) groups excluding carboxylic acids is 1. The Bertz CT molecular complexity index is 598. The topological polar surface area (TPSA) is 41.6 Å². The smallest absolute Gasteiger partial charge is 0.317 e.